The molecule has 0 radical (unpaired) electrons. The number of urea groups is 1. The van der Waals surface area contributed by atoms with Gasteiger partial charge in [0.25, 0.3) is 0 Å². The SMILES string of the molecule is CCNC(=O)Nc1ncnc2c1ncn2[C@@H]1O[C@H](COP(=O)(O)OP(=O)(O)CC(N)C(=O)O)C(O)[C@@H]1O. The third-order valence-electron chi connectivity index (χ3n) is 4.92. The van der Waals surface area contributed by atoms with Gasteiger partial charge in [-0.1, -0.05) is 0 Å². The van der Waals surface area contributed by atoms with E-state index in [9.17, 15) is 38.7 Å². The van der Waals surface area contributed by atoms with Gasteiger partial charge in [-0.05, 0) is 6.92 Å². The average Bonchev–Trinajstić information content (AvgIpc) is 3.33. The number of carboxylic acids is 1. The molecule has 3 heterocycles. The molecule has 2 aromatic heterocycles. The first-order valence-electron chi connectivity index (χ1n) is 10.5. The van der Waals surface area contributed by atoms with Crippen molar-refractivity contribution >= 4 is 44.4 Å². The quantitative estimate of drug-likeness (QED) is 0.140. The van der Waals surface area contributed by atoms with E-state index in [4.69, 9.17) is 15.6 Å². The molecule has 1 fully saturated rings. The molecule has 206 valence electrons. The van der Waals surface area contributed by atoms with Gasteiger partial charge in [-0.2, -0.15) is 0 Å². The largest absolute Gasteiger partial charge is 0.480 e. The van der Waals surface area contributed by atoms with Crippen LogP contribution >= 0.6 is 15.4 Å². The van der Waals surface area contributed by atoms with Gasteiger partial charge < -0.3 is 40.9 Å². The monoisotopic (exact) mass is 569 g/mol. The van der Waals surface area contributed by atoms with E-state index >= 15 is 0 Å². The normalized spacial score (nSPS) is 25.8. The van der Waals surface area contributed by atoms with Crippen molar-refractivity contribution in [1.82, 2.24) is 24.8 Å². The summed E-state index contributed by atoms with van der Waals surface area (Å²) in [6.07, 6.45) is -4.90. The lowest BCUT2D eigenvalue weighted by Crippen LogP contribution is -2.34. The maximum absolute atomic E-state index is 12.1. The second-order valence-electron chi connectivity index (χ2n) is 7.69. The van der Waals surface area contributed by atoms with Crippen molar-refractivity contribution in [3.8, 4) is 0 Å². The highest BCUT2D eigenvalue weighted by atomic mass is 31.3. The van der Waals surface area contributed by atoms with Crippen molar-refractivity contribution in [3.05, 3.63) is 12.7 Å². The van der Waals surface area contributed by atoms with E-state index in [0.29, 0.717) is 6.54 Å². The van der Waals surface area contributed by atoms with Gasteiger partial charge in [-0.15, -0.1) is 0 Å². The van der Waals surface area contributed by atoms with Crippen molar-refractivity contribution in [2.45, 2.75) is 37.5 Å². The number of nitrogens with zero attached hydrogens (tertiary/aromatic N) is 4. The maximum Gasteiger partial charge on any atom is 0.479 e. The van der Waals surface area contributed by atoms with Crippen molar-refractivity contribution in [3.63, 3.8) is 0 Å². The number of nitrogens with two attached hydrogens (primary N) is 1. The Morgan fingerprint density at radius 3 is 2.59 bits per heavy atom. The summed E-state index contributed by atoms with van der Waals surface area (Å²) in [4.78, 5) is 54.0. The summed E-state index contributed by atoms with van der Waals surface area (Å²) in [5.74, 6) is -1.59. The fourth-order valence-corrected chi connectivity index (χ4v) is 5.98. The molecule has 0 bridgehead atoms. The Balaban J connectivity index is 1.70. The number of carboxylic acid groups (broad SMARTS) is 1. The minimum atomic E-state index is -5.26. The number of imidazole rings is 1. The number of aliphatic hydroxyl groups excluding tert-OH is 2. The second-order valence-corrected chi connectivity index (χ2v) is 11.2. The summed E-state index contributed by atoms with van der Waals surface area (Å²) in [5, 5.41) is 34.6. The first-order chi connectivity index (χ1) is 17.2. The van der Waals surface area contributed by atoms with Crippen molar-refractivity contribution in [2.24, 2.45) is 5.73 Å². The molecule has 7 atom stereocenters. The number of aliphatic hydroxyl groups is 2. The van der Waals surface area contributed by atoms with Gasteiger partial charge in [0.1, 0.15) is 30.7 Å². The predicted octanol–water partition coefficient (Wildman–Crippen LogP) is -1.68. The molecular formula is C16H25N7O12P2. The van der Waals surface area contributed by atoms with Crippen LogP contribution in [0.25, 0.3) is 11.2 Å². The third kappa shape index (κ3) is 7.05. The average molecular weight is 569 g/mol. The van der Waals surface area contributed by atoms with Crippen LogP contribution in [0.4, 0.5) is 10.6 Å². The topological polar surface area (TPSA) is 291 Å². The molecule has 0 aromatic carbocycles. The smallest absolute Gasteiger partial charge is 0.479 e. The van der Waals surface area contributed by atoms with Crippen LogP contribution in [0.3, 0.4) is 0 Å². The Bertz CT molecular complexity index is 1240. The summed E-state index contributed by atoms with van der Waals surface area (Å²) in [6.45, 7) is 1.18. The molecule has 0 aliphatic carbocycles. The van der Waals surface area contributed by atoms with Gasteiger partial charge in [-0.3, -0.25) is 23.8 Å². The van der Waals surface area contributed by atoms with Crippen molar-refractivity contribution in [2.75, 3.05) is 24.6 Å². The molecule has 1 aliphatic rings. The molecule has 3 rings (SSSR count). The highest BCUT2D eigenvalue weighted by molar-refractivity contribution is 7.64. The molecule has 4 unspecified atom stereocenters. The number of hydrogen-bond acceptors (Lipinski definition) is 13. The molecule has 37 heavy (non-hydrogen) atoms. The number of rotatable bonds is 11. The zero-order chi connectivity index (χ0) is 27.5. The van der Waals surface area contributed by atoms with Gasteiger partial charge in [0.2, 0.25) is 0 Å². The second kappa shape index (κ2) is 11.4. The van der Waals surface area contributed by atoms with Crippen LogP contribution < -0.4 is 16.4 Å². The van der Waals surface area contributed by atoms with Crippen molar-refractivity contribution in [1.29, 1.82) is 0 Å². The summed E-state index contributed by atoms with van der Waals surface area (Å²) >= 11 is 0. The minimum absolute atomic E-state index is 0.0528. The first kappa shape index (κ1) is 29.0. The molecule has 0 spiro atoms. The molecule has 2 amide bonds. The standard InChI is InChI=1S/C16H25N7O12P2/c1-2-18-16(28)22-12-9-13(20-5-19-12)23(6-21-9)14-11(25)10(24)8(34-14)3-33-37(31,32)35-36(29,30)4-7(17)15(26)27/h5-8,10-11,14,24-25H,2-4,17H2,1H3,(H,26,27)(H,29,30)(H,31,32)(H2,18,19,20,22,28)/t7?,8-,10?,11+,14-/m1/s1. The Morgan fingerprint density at radius 1 is 1.24 bits per heavy atom. The summed E-state index contributed by atoms with van der Waals surface area (Å²) in [7, 11) is -10.2. The maximum atomic E-state index is 12.1. The number of hydrogen-bond donors (Lipinski definition) is 8. The molecule has 19 nitrogen and oxygen atoms in total. The Kier molecular flexibility index (Phi) is 8.97. The molecule has 0 saturated carbocycles. The molecular weight excluding hydrogens is 544 g/mol. The van der Waals surface area contributed by atoms with Crippen LogP contribution in [0.1, 0.15) is 13.2 Å². The number of aromatic nitrogens is 4. The van der Waals surface area contributed by atoms with E-state index in [1.54, 1.807) is 6.92 Å². The van der Waals surface area contributed by atoms with E-state index in [0.717, 1.165) is 6.33 Å². The Hall–Kier alpha value is -2.57. The summed E-state index contributed by atoms with van der Waals surface area (Å²) < 4.78 is 39.6. The Labute approximate surface area is 207 Å². The number of phosphoric acid groups is 1. The van der Waals surface area contributed by atoms with Crippen LogP contribution in [0.2, 0.25) is 0 Å². The molecule has 2 aromatic rings. The number of carbonyl (C=O) groups excluding carboxylic acids is 1. The van der Waals surface area contributed by atoms with Gasteiger partial charge in [0, 0.05) is 6.54 Å². The number of phosphoric ester groups is 1. The molecule has 1 aliphatic heterocycles. The van der Waals surface area contributed by atoms with Crippen molar-refractivity contribution < 1.29 is 57.4 Å². The lowest BCUT2D eigenvalue weighted by atomic mass is 10.1. The number of aliphatic carboxylic acids is 1. The molecule has 1 saturated heterocycles. The zero-order valence-corrected chi connectivity index (χ0v) is 20.8. The van der Waals surface area contributed by atoms with E-state index in [1.165, 1.54) is 10.9 Å². The van der Waals surface area contributed by atoms with Crippen LogP contribution in [-0.4, -0.2) is 100 Å². The minimum Gasteiger partial charge on any atom is -0.480 e. The van der Waals surface area contributed by atoms with E-state index in [-0.39, 0.29) is 17.0 Å². The van der Waals surface area contributed by atoms with Gasteiger partial charge >= 0.3 is 27.4 Å². The van der Waals surface area contributed by atoms with E-state index in [2.05, 4.69) is 34.4 Å². The highest BCUT2D eigenvalue weighted by Crippen LogP contribution is 2.60. The van der Waals surface area contributed by atoms with Crippen LogP contribution in [-0.2, 0) is 27.5 Å². The number of amides is 2. The fraction of sp³-hybridized carbons (Fsp3) is 0.562. The van der Waals surface area contributed by atoms with Gasteiger partial charge in [-0.25, -0.2) is 28.6 Å². The Morgan fingerprint density at radius 2 is 1.95 bits per heavy atom. The van der Waals surface area contributed by atoms with E-state index in [1.807, 2.05) is 0 Å². The molecule has 9 N–H and O–H groups in total. The van der Waals surface area contributed by atoms with Gasteiger partial charge in [0.05, 0.1) is 19.1 Å². The molecule has 21 heteroatoms. The first-order valence-corrected chi connectivity index (χ1v) is 13.7. The number of ether oxygens (including phenoxy) is 1. The van der Waals surface area contributed by atoms with Crippen LogP contribution in [0.15, 0.2) is 12.7 Å². The van der Waals surface area contributed by atoms with E-state index < -0.39 is 70.8 Å². The number of fused-ring (bicyclic) bond motifs is 1. The number of carbonyl (C=O) groups is 2. The lowest BCUT2D eigenvalue weighted by molar-refractivity contribution is -0.138. The highest BCUT2D eigenvalue weighted by Gasteiger charge is 2.46. The number of anilines is 1. The summed E-state index contributed by atoms with van der Waals surface area (Å²) in [6, 6.07) is -2.40. The lowest BCUT2D eigenvalue weighted by Gasteiger charge is -2.20. The zero-order valence-electron chi connectivity index (χ0n) is 19.0. The summed E-state index contributed by atoms with van der Waals surface area (Å²) in [5.41, 5.74) is 5.36. The fourth-order valence-electron chi connectivity index (χ4n) is 3.25. The van der Waals surface area contributed by atoms with Crippen LogP contribution in [0, 0.1) is 0 Å². The predicted molar refractivity (Wildman–Crippen MR) is 121 cm³/mol. The van der Waals surface area contributed by atoms with Crippen LogP contribution in [0.5, 0.6) is 0 Å². The third-order valence-corrected chi connectivity index (χ3v) is 8.09. The number of nitrogens with one attached hydrogen (secondary N) is 2. The van der Waals surface area contributed by atoms with Gasteiger partial charge in [0.15, 0.2) is 23.2 Å².